The second-order valence-corrected chi connectivity index (χ2v) is 7.03. The van der Waals surface area contributed by atoms with Gasteiger partial charge in [-0.2, -0.15) is 5.26 Å². The zero-order chi connectivity index (χ0) is 15.8. The summed E-state index contributed by atoms with van der Waals surface area (Å²) < 4.78 is 13.8. The highest BCUT2D eigenvalue weighted by Gasteiger charge is 2.51. The molecule has 0 saturated heterocycles. The molecular formula is C16H18Cl2FNO. The Hall–Kier alpha value is -0.820. The minimum absolute atomic E-state index is 0.0948. The molecule has 0 radical (unpaired) electrons. The summed E-state index contributed by atoms with van der Waals surface area (Å²) in [6, 6.07) is 4.70. The second kappa shape index (κ2) is 5.76. The lowest BCUT2D eigenvalue weighted by atomic mass is 9.60. The standard InChI is InChI=1S/C16H18Cl2FNO/c1-10-4-3-5-16(8-10,9-20)15(2,21)11-6-14(19)13(18)7-12(11)17/h6-7,10,21H,3-5,8H2,1-2H3. The van der Waals surface area contributed by atoms with Crippen molar-refractivity contribution in [3.8, 4) is 6.07 Å². The minimum atomic E-state index is -1.53. The summed E-state index contributed by atoms with van der Waals surface area (Å²) in [6.07, 6.45) is 3.03. The molecule has 114 valence electrons. The lowest BCUT2D eigenvalue weighted by Gasteiger charge is -2.45. The van der Waals surface area contributed by atoms with Gasteiger partial charge in [0.05, 0.1) is 16.5 Å². The lowest BCUT2D eigenvalue weighted by molar-refractivity contribution is -0.0721. The summed E-state index contributed by atoms with van der Waals surface area (Å²) in [6.45, 7) is 3.61. The highest BCUT2D eigenvalue weighted by Crippen LogP contribution is 2.52. The number of rotatable bonds is 2. The zero-order valence-corrected chi connectivity index (χ0v) is 13.6. The Balaban J connectivity index is 2.54. The first-order valence-electron chi connectivity index (χ1n) is 7.02. The quantitative estimate of drug-likeness (QED) is 0.770. The average Bonchev–Trinajstić information content (AvgIpc) is 2.42. The van der Waals surface area contributed by atoms with Gasteiger partial charge in [0.15, 0.2) is 0 Å². The fourth-order valence-corrected chi connectivity index (χ4v) is 3.92. The van der Waals surface area contributed by atoms with Gasteiger partial charge in [-0.1, -0.05) is 43.0 Å². The monoisotopic (exact) mass is 329 g/mol. The third-order valence-corrected chi connectivity index (χ3v) is 5.28. The highest BCUT2D eigenvalue weighted by molar-refractivity contribution is 6.35. The third-order valence-electron chi connectivity index (χ3n) is 4.68. The SMILES string of the molecule is CC1CCCC(C#N)(C(C)(O)c2cc(F)c(Cl)cc2Cl)C1. The molecule has 2 rings (SSSR count). The second-order valence-electron chi connectivity index (χ2n) is 6.21. The van der Waals surface area contributed by atoms with E-state index in [4.69, 9.17) is 23.2 Å². The number of hydrogen-bond acceptors (Lipinski definition) is 2. The van der Waals surface area contributed by atoms with Gasteiger partial charge in [-0.05, 0) is 37.8 Å². The Morgan fingerprint density at radius 3 is 2.67 bits per heavy atom. The highest BCUT2D eigenvalue weighted by atomic mass is 35.5. The molecule has 2 nitrogen and oxygen atoms in total. The maximum absolute atomic E-state index is 13.8. The van der Waals surface area contributed by atoms with Crippen LogP contribution in [-0.2, 0) is 5.60 Å². The van der Waals surface area contributed by atoms with Gasteiger partial charge in [-0.3, -0.25) is 0 Å². The molecule has 21 heavy (non-hydrogen) atoms. The van der Waals surface area contributed by atoms with Crippen molar-refractivity contribution in [2.45, 2.75) is 45.1 Å². The van der Waals surface area contributed by atoms with Crippen LogP contribution in [0, 0.1) is 28.5 Å². The lowest BCUT2D eigenvalue weighted by Crippen LogP contribution is -2.45. The van der Waals surface area contributed by atoms with E-state index in [2.05, 4.69) is 13.0 Å². The van der Waals surface area contributed by atoms with Crippen molar-refractivity contribution < 1.29 is 9.50 Å². The van der Waals surface area contributed by atoms with E-state index in [9.17, 15) is 14.8 Å². The van der Waals surface area contributed by atoms with Crippen LogP contribution in [0.25, 0.3) is 0 Å². The van der Waals surface area contributed by atoms with E-state index in [1.165, 1.54) is 6.07 Å². The van der Waals surface area contributed by atoms with E-state index in [1.807, 2.05) is 0 Å². The number of benzene rings is 1. The van der Waals surface area contributed by atoms with E-state index in [1.54, 1.807) is 6.92 Å². The molecule has 0 bridgehead atoms. The van der Waals surface area contributed by atoms with Gasteiger partial charge in [0.25, 0.3) is 0 Å². The molecule has 1 aliphatic carbocycles. The molecule has 0 amide bonds. The summed E-state index contributed by atoms with van der Waals surface area (Å²) in [7, 11) is 0. The predicted molar refractivity (Wildman–Crippen MR) is 81.7 cm³/mol. The normalized spacial score (nSPS) is 28.7. The van der Waals surface area contributed by atoms with Crippen molar-refractivity contribution in [1.29, 1.82) is 5.26 Å². The van der Waals surface area contributed by atoms with Gasteiger partial charge in [0, 0.05) is 10.6 Å². The van der Waals surface area contributed by atoms with Crippen molar-refractivity contribution in [2.75, 3.05) is 0 Å². The molecule has 5 heteroatoms. The molecule has 1 aromatic carbocycles. The van der Waals surface area contributed by atoms with Gasteiger partial charge in [0.1, 0.15) is 11.4 Å². The first-order chi connectivity index (χ1) is 9.73. The van der Waals surface area contributed by atoms with E-state index in [-0.39, 0.29) is 15.6 Å². The van der Waals surface area contributed by atoms with E-state index in [0.29, 0.717) is 18.8 Å². The van der Waals surface area contributed by atoms with Crippen molar-refractivity contribution >= 4 is 23.2 Å². The summed E-state index contributed by atoms with van der Waals surface area (Å²) in [5.41, 5.74) is -2.27. The molecule has 1 saturated carbocycles. The molecule has 3 atom stereocenters. The Labute approximate surface area is 134 Å². The first-order valence-corrected chi connectivity index (χ1v) is 7.78. The van der Waals surface area contributed by atoms with Crippen LogP contribution < -0.4 is 0 Å². The van der Waals surface area contributed by atoms with Crippen LogP contribution in [0.2, 0.25) is 10.0 Å². The van der Waals surface area contributed by atoms with E-state index >= 15 is 0 Å². The first kappa shape index (κ1) is 16.5. The van der Waals surface area contributed by atoms with Crippen LogP contribution in [0.15, 0.2) is 12.1 Å². The molecular weight excluding hydrogens is 312 g/mol. The molecule has 3 unspecified atom stereocenters. The van der Waals surface area contributed by atoms with Gasteiger partial charge in [0.2, 0.25) is 0 Å². The van der Waals surface area contributed by atoms with Crippen molar-refractivity contribution in [1.82, 2.24) is 0 Å². The van der Waals surface area contributed by atoms with E-state index < -0.39 is 16.8 Å². The number of halogens is 3. The maximum Gasteiger partial charge on any atom is 0.142 e. The molecule has 1 aliphatic rings. The average molecular weight is 330 g/mol. The molecule has 0 aromatic heterocycles. The number of nitriles is 1. The fourth-order valence-electron chi connectivity index (χ4n) is 3.36. The zero-order valence-electron chi connectivity index (χ0n) is 12.1. The molecule has 1 aromatic rings. The molecule has 1 fully saturated rings. The van der Waals surface area contributed by atoms with Crippen LogP contribution in [-0.4, -0.2) is 5.11 Å². The Bertz CT molecular complexity index is 597. The van der Waals surface area contributed by atoms with Crippen molar-refractivity contribution in [3.05, 3.63) is 33.6 Å². The molecule has 0 heterocycles. The fraction of sp³-hybridized carbons (Fsp3) is 0.562. The van der Waals surface area contributed by atoms with Crippen LogP contribution in [0.1, 0.15) is 45.1 Å². The third kappa shape index (κ3) is 2.77. The van der Waals surface area contributed by atoms with Gasteiger partial charge >= 0.3 is 0 Å². The number of aliphatic hydroxyl groups is 1. The van der Waals surface area contributed by atoms with Gasteiger partial charge in [-0.25, -0.2) is 4.39 Å². The number of hydrogen-bond donors (Lipinski definition) is 1. The smallest absolute Gasteiger partial charge is 0.142 e. The maximum atomic E-state index is 13.8. The predicted octanol–water partition coefficient (Wildman–Crippen LogP) is 5.06. The van der Waals surface area contributed by atoms with E-state index in [0.717, 1.165) is 18.9 Å². The van der Waals surface area contributed by atoms with Crippen LogP contribution in [0.3, 0.4) is 0 Å². The van der Waals surface area contributed by atoms with Crippen LogP contribution >= 0.6 is 23.2 Å². The topological polar surface area (TPSA) is 44.0 Å². The summed E-state index contributed by atoms with van der Waals surface area (Å²) >= 11 is 11.8. The van der Waals surface area contributed by atoms with Crippen molar-refractivity contribution in [3.63, 3.8) is 0 Å². The Kier molecular flexibility index (Phi) is 4.54. The summed E-state index contributed by atoms with van der Waals surface area (Å²) in [5.74, 6) is -0.311. The molecule has 0 aliphatic heterocycles. The van der Waals surface area contributed by atoms with Gasteiger partial charge in [-0.15, -0.1) is 0 Å². The Morgan fingerprint density at radius 2 is 2.10 bits per heavy atom. The van der Waals surface area contributed by atoms with Gasteiger partial charge < -0.3 is 5.11 Å². The summed E-state index contributed by atoms with van der Waals surface area (Å²) in [4.78, 5) is 0. The molecule has 1 N–H and O–H groups in total. The Morgan fingerprint density at radius 1 is 1.43 bits per heavy atom. The summed E-state index contributed by atoms with van der Waals surface area (Å²) in [5, 5.41) is 20.8. The largest absolute Gasteiger partial charge is 0.384 e. The molecule has 0 spiro atoms. The number of nitrogens with zero attached hydrogens (tertiary/aromatic N) is 1. The van der Waals surface area contributed by atoms with Crippen LogP contribution in [0.4, 0.5) is 4.39 Å². The van der Waals surface area contributed by atoms with Crippen LogP contribution in [0.5, 0.6) is 0 Å². The van der Waals surface area contributed by atoms with Crippen molar-refractivity contribution in [2.24, 2.45) is 11.3 Å². The minimum Gasteiger partial charge on any atom is -0.384 e.